The van der Waals surface area contributed by atoms with Crippen molar-refractivity contribution in [2.75, 3.05) is 0 Å². The Morgan fingerprint density at radius 1 is 1.22 bits per heavy atom. The first-order valence-corrected chi connectivity index (χ1v) is 6.83. The molecule has 0 saturated carbocycles. The predicted octanol–water partition coefficient (Wildman–Crippen LogP) is 4.68. The summed E-state index contributed by atoms with van der Waals surface area (Å²) in [5, 5.41) is 4.31. The van der Waals surface area contributed by atoms with Crippen molar-refractivity contribution >= 4 is 5.70 Å². The van der Waals surface area contributed by atoms with Crippen LogP contribution in [0.2, 0.25) is 0 Å². The molecule has 0 saturated heterocycles. The number of hydrogen-bond donors (Lipinski definition) is 0. The molecule has 2 rings (SSSR count). The van der Waals surface area contributed by atoms with Crippen molar-refractivity contribution in [1.29, 1.82) is 0 Å². The summed E-state index contributed by atoms with van der Waals surface area (Å²) in [6, 6.07) is 1.96. The maximum atomic E-state index is 4.31. The van der Waals surface area contributed by atoms with Gasteiger partial charge in [-0.1, -0.05) is 45.9 Å². The van der Waals surface area contributed by atoms with E-state index >= 15 is 0 Å². The summed E-state index contributed by atoms with van der Waals surface area (Å²) in [4.78, 5) is 0. The third-order valence-electron chi connectivity index (χ3n) is 2.58. The average Bonchev–Trinajstić information content (AvgIpc) is 2.80. The van der Waals surface area contributed by atoms with E-state index in [1.807, 2.05) is 37.0 Å². The molecule has 0 amide bonds. The van der Waals surface area contributed by atoms with Crippen LogP contribution < -0.4 is 0 Å². The van der Waals surface area contributed by atoms with Crippen molar-refractivity contribution in [3.8, 4) is 0 Å². The van der Waals surface area contributed by atoms with Crippen LogP contribution in [-0.2, 0) is 0 Å². The third-order valence-corrected chi connectivity index (χ3v) is 2.58. The average molecular weight is 244 g/mol. The van der Waals surface area contributed by atoms with Crippen LogP contribution in [-0.4, -0.2) is 9.78 Å². The summed E-state index contributed by atoms with van der Waals surface area (Å²) in [5.41, 5.74) is 2.57. The fraction of sp³-hybridized carbons (Fsp3) is 0.438. The van der Waals surface area contributed by atoms with Gasteiger partial charge in [0.05, 0.1) is 5.70 Å². The minimum atomic E-state index is 0.664. The Hall–Kier alpha value is -1.57. The lowest BCUT2D eigenvalue weighted by molar-refractivity contribution is 0.648. The first-order chi connectivity index (χ1) is 8.77. The molecule has 18 heavy (non-hydrogen) atoms. The molecule has 1 aromatic rings. The summed E-state index contributed by atoms with van der Waals surface area (Å²) >= 11 is 0. The van der Waals surface area contributed by atoms with Gasteiger partial charge in [0, 0.05) is 12.4 Å². The van der Waals surface area contributed by atoms with E-state index in [1.165, 1.54) is 11.3 Å². The number of rotatable bonds is 3. The van der Waals surface area contributed by atoms with E-state index in [4.69, 9.17) is 0 Å². The smallest absolute Gasteiger partial charge is 0.0674 e. The van der Waals surface area contributed by atoms with E-state index in [9.17, 15) is 0 Å². The Bertz CT molecular complexity index is 420. The molecule has 0 radical (unpaired) electrons. The van der Waals surface area contributed by atoms with E-state index in [-0.39, 0.29) is 0 Å². The van der Waals surface area contributed by atoms with Gasteiger partial charge >= 0.3 is 0 Å². The lowest BCUT2D eigenvalue weighted by Crippen LogP contribution is -2.00. The molecule has 1 heterocycles. The molecule has 1 aromatic heterocycles. The van der Waals surface area contributed by atoms with Gasteiger partial charge in [0.25, 0.3) is 0 Å². The number of nitrogens with zero attached hydrogens (tertiary/aromatic N) is 2. The second-order valence-corrected chi connectivity index (χ2v) is 4.50. The van der Waals surface area contributed by atoms with Crippen molar-refractivity contribution in [2.24, 2.45) is 5.92 Å². The Kier molecular flexibility index (Phi) is 6.20. The normalized spacial score (nSPS) is 14.5. The SMILES string of the molecule is CC.CC(C)CC1=C(n2cccn2)C=CCC=C1. The lowest BCUT2D eigenvalue weighted by Gasteiger charge is -2.11. The Labute approximate surface area is 111 Å². The molecule has 1 aliphatic rings. The Morgan fingerprint density at radius 3 is 2.56 bits per heavy atom. The molecule has 2 heteroatoms. The highest BCUT2D eigenvalue weighted by Gasteiger charge is 2.08. The molecule has 0 unspecified atom stereocenters. The number of aromatic nitrogens is 2. The summed E-state index contributed by atoms with van der Waals surface area (Å²) in [5.74, 6) is 0.664. The van der Waals surface area contributed by atoms with Crippen LogP contribution in [0.25, 0.3) is 5.70 Å². The van der Waals surface area contributed by atoms with Crippen LogP contribution in [0, 0.1) is 5.92 Å². The molecule has 0 N–H and O–H groups in total. The van der Waals surface area contributed by atoms with Gasteiger partial charge in [0.15, 0.2) is 0 Å². The second kappa shape index (κ2) is 7.70. The highest BCUT2D eigenvalue weighted by atomic mass is 15.3. The fourth-order valence-corrected chi connectivity index (χ4v) is 1.91. The number of hydrogen-bond acceptors (Lipinski definition) is 1. The van der Waals surface area contributed by atoms with Crippen molar-refractivity contribution in [1.82, 2.24) is 9.78 Å². The Balaban J connectivity index is 0.000000771. The maximum absolute atomic E-state index is 4.31. The zero-order chi connectivity index (χ0) is 13.4. The van der Waals surface area contributed by atoms with E-state index < -0.39 is 0 Å². The van der Waals surface area contributed by atoms with Crippen LogP contribution in [0.1, 0.15) is 40.5 Å². The summed E-state index contributed by atoms with van der Waals surface area (Å²) in [6.07, 6.45) is 14.7. The molecule has 0 aliphatic heterocycles. The van der Waals surface area contributed by atoms with E-state index in [0.717, 1.165) is 12.8 Å². The highest BCUT2D eigenvalue weighted by molar-refractivity contribution is 5.64. The second-order valence-electron chi connectivity index (χ2n) is 4.50. The largest absolute Gasteiger partial charge is 0.241 e. The van der Waals surface area contributed by atoms with E-state index in [1.54, 1.807) is 0 Å². The van der Waals surface area contributed by atoms with Gasteiger partial charge < -0.3 is 0 Å². The first kappa shape index (κ1) is 14.5. The van der Waals surface area contributed by atoms with Gasteiger partial charge in [0.1, 0.15) is 0 Å². The van der Waals surface area contributed by atoms with Crippen molar-refractivity contribution < 1.29 is 0 Å². The van der Waals surface area contributed by atoms with Gasteiger partial charge in [-0.25, -0.2) is 4.68 Å². The molecule has 98 valence electrons. The first-order valence-electron chi connectivity index (χ1n) is 6.83. The van der Waals surface area contributed by atoms with Gasteiger partial charge in [0.2, 0.25) is 0 Å². The number of allylic oxidation sites excluding steroid dienone is 6. The summed E-state index contributed by atoms with van der Waals surface area (Å²) in [6.45, 7) is 8.49. The lowest BCUT2D eigenvalue weighted by atomic mass is 10.0. The summed E-state index contributed by atoms with van der Waals surface area (Å²) < 4.78 is 1.95. The Morgan fingerprint density at radius 2 is 1.94 bits per heavy atom. The molecule has 0 aromatic carbocycles. The van der Waals surface area contributed by atoms with Crippen LogP contribution in [0.3, 0.4) is 0 Å². The van der Waals surface area contributed by atoms with Crippen molar-refractivity contribution in [3.05, 3.63) is 48.3 Å². The van der Waals surface area contributed by atoms with Crippen LogP contribution in [0.5, 0.6) is 0 Å². The zero-order valence-electron chi connectivity index (χ0n) is 11.9. The summed E-state index contributed by atoms with van der Waals surface area (Å²) in [7, 11) is 0. The monoisotopic (exact) mass is 244 g/mol. The molecule has 0 fully saturated rings. The molecule has 1 aliphatic carbocycles. The van der Waals surface area contributed by atoms with Gasteiger partial charge in [-0.05, 0) is 36.5 Å². The molecular weight excluding hydrogens is 220 g/mol. The van der Waals surface area contributed by atoms with E-state index in [2.05, 4.69) is 43.3 Å². The highest BCUT2D eigenvalue weighted by Crippen LogP contribution is 2.23. The molecule has 0 spiro atoms. The zero-order valence-corrected chi connectivity index (χ0v) is 11.9. The minimum Gasteiger partial charge on any atom is -0.241 e. The van der Waals surface area contributed by atoms with Crippen LogP contribution >= 0.6 is 0 Å². The third kappa shape index (κ3) is 4.02. The van der Waals surface area contributed by atoms with E-state index in [0.29, 0.717) is 5.92 Å². The van der Waals surface area contributed by atoms with Gasteiger partial charge in [-0.2, -0.15) is 5.10 Å². The molecule has 0 bridgehead atoms. The molecule has 2 nitrogen and oxygen atoms in total. The minimum absolute atomic E-state index is 0.664. The molecular formula is C16H24N2. The quantitative estimate of drug-likeness (QED) is 0.754. The topological polar surface area (TPSA) is 17.8 Å². The van der Waals surface area contributed by atoms with Crippen LogP contribution in [0.15, 0.2) is 48.3 Å². The van der Waals surface area contributed by atoms with Gasteiger partial charge in [-0.15, -0.1) is 0 Å². The molecule has 0 atom stereocenters. The van der Waals surface area contributed by atoms with Crippen LogP contribution in [0.4, 0.5) is 0 Å². The fourth-order valence-electron chi connectivity index (χ4n) is 1.91. The predicted molar refractivity (Wildman–Crippen MR) is 79.1 cm³/mol. The maximum Gasteiger partial charge on any atom is 0.0674 e. The van der Waals surface area contributed by atoms with Crippen molar-refractivity contribution in [3.63, 3.8) is 0 Å². The van der Waals surface area contributed by atoms with Crippen molar-refractivity contribution in [2.45, 2.75) is 40.5 Å². The standard InChI is InChI=1S/C14H18N2.C2H6/c1-12(2)11-13-7-4-3-5-8-14(13)16-10-6-9-15-16;1-2/h4-10,12H,3,11H2,1-2H3;1-2H3. The van der Waals surface area contributed by atoms with Gasteiger partial charge in [-0.3, -0.25) is 0 Å².